The molecule has 6 aromatic rings. The second kappa shape index (κ2) is 9.95. The molecule has 0 atom stereocenters. The molecule has 3 heterocycles. The second-order valence-corrected chi connectivity index (χ2v) is 9.69. The first-order valence-electron chi connectivity index (χ1n) is 12.0. The van der Waals surface area contributed by atoms with Gasteiger partial charge in [0.05, 0.1) is 17.3 Å². The van der Waals surface area contributed by atoms with E-state index >= 15 is 0 Å². The van der Waals surface area contributed by atoms with Crippen molar-refractivity contribution in [3.8, 4) is 28.4 Å². The van der Waals surface area contributed by atoms with Gasteiger partial charge < -0.3 is 9.47 Å². The van der Waals surface area contributed by atoms with Crippen molar-refractivity contribution in [2.45, 2.75) is 13.5 Å². The van der Waals surface area contributed by atoms with E-state index in [1.54, 1.807) is 7.11 Å². The van der Waals surface area contributed by atoms with Crippen LogP contribution in [0.5, 0.6) is 11.5 Å². The summed E-state index contributed by atoms with van der Waals surface area (Å²) in [4.78, 5) is 18.3. The molecule has 188 valence electrons. The van der Waals surface area contributed by atoms with Crippen LogP contribution in [0.2, 0.25) is 0 Å². The van der Waals surface area contributed by atoms with E-state index in [1.165, 1.54) is 15.9 Å². The lowest BCUT2D eigenvalue weighted by atomic mass is 10.1. The van der Waals surface area contributed by atoms with Gasteiger partial charge in [-0.15, -0.1) is 5.10 Å². The monoisotopic (exact) mass is 521 g/mol. The highest BCUT2D eigenvalue weighted by Crippen LogP contribution is 2.26. The summed E-state index contributed by atoms with van der Waals surface area (Å²) in [5, 5.41) is 9.22. The van der Waals surface area contributed by atoms with Crippen molar-refractivity contribution in [3.05, 3.63) is 117 Å². The highest BCUT2D eigenvalue weighted by molar-refractivity contribution is 7.15. The van der Waals surface area contributed by atoms with E-state index in [0.29, 0.717) is 15.3 Å². The SMILES string of the molecule is COc1ccc(-c2nn(-c3ccccc3)cc2C=c2sc3nc(COc4ccc(C)cc4)nn3c2=O)cc1. The Hall–Kier alpha value is -4.76. The molecule has 0 amide bonds. The van der Waals surface area contributed by atoms with Gasteiger partial charge in [0, 0.05) is 17.3 Å². The molecule has 0 aliphatic heterocycles. The van der Waals surface area contributed by atoms with Crippen molar-refractivity contribution in [2.75, 3.05) is 7.11 Å². The van der Waals surface area contributed by atoms with E-state index in [1.807, 2.05) is 103 Å². The molecule has 0 fully saturated rings. The molecule has 3 aromatic heterocycles. The minimum atomic E-state index is -0.229. The minimum absolute atomic E-state index is 0.182. The van der Waals surface area contributed by atoms with Crippen molar-refractivity contribution in [1.29, 1.82) is 0 Å². The van der Waals surface area contributed by atoms with Gasteiger partial charge in [0.1, 0.15) is 23.8 Å². The molecule has 0 aliphatic carbocycles. The number of aromatic nitrogens is 5. The molecule has 0 radical (unpaired) electrons. The number of para-hydroxylation sites is 1. The molecule has 6 rings (SSSR count). The average molecular weight is 522 g/mol. The molecule has 9 heteroatoms. The Balaban J connectivity index is 1.36. The van der Waals surface area contributed by atoms with Crippen LogP contribution in [0.3, 0.4) is 0 Å². The Bertz CT molecular complexity index is 1820. The summed E-state index contributed by atoms with van der Waals surface area (Å²) in [7, 11) is 1.63. The van der Waals surface area contributed by atoms with E-state index in [0.717, 1.165) is 39.6 Å². The molecule has 0 saturated carbocycles. The maximum absolute atomic E-state index is 13.2. The number of rotatable bonds is 7. The smallest absolute Gasteiger partial charge is 0.291 e. The van der Waals surface area contributed by atoms with Crippen LogP contribution in [0, 0.1) is 6.92 Å². The lowest BCUT2D eigenvalue weighted by molar-refractivity contribution is 0.296. The van der Waals surface area contributed by atoms with Gasteiger partial charge in [-0.05, 0) is 61.5 Å². The third-order valence-corrected chi connectivity index (χ3v) is 6.99. The maximum atomic E-state index is 13.2. The Morgan fingerprint density at radius 2 is 1.66 bits per heavy atom. The van der Waals surface area contributed by atoms with Crippen molar-refractivity contribution >= 4 is 22.4 Å². The normalized spacial score (nSPS) is 11.8. The maximum Gasteiger partial charge on any atom is 0.291 e. The van der Waals surface area contributed by atoms with Crippen LogP contribution in [0.25, 0.3) is 28.0 Å². The van der Waals surface area contributed by atoms with Gasteiger partial charge in [-0.2, -0.15) is 14.6 Å². The zero-order valence-corrected chi connectivity index (χ0v) is 21.6. The number of nitrogens with zero attached hydrogens (tertiary/aromatic N) is 5. The molecule has 3 aromatic carbocycles. The summed E-state index contributed by atoms with van der Waals surface area (Å²) in [5.41, 5.74) is 4.32. The predicted octanol–water partition coefficient (Wildman–Crippen LogP) is 4.45. The minimum Gasteiger partial charge on any atom is -0.497 e. The van der Waals surface area contributed by atoms with Crippen LogP contribution in [0.1, 0.15) is 17.0 Å². The van der Waals surface area contributed by atoms with Crippen LogP contribution >= 0.6 is 11.3 Å². The zero-order valence-electron chi connectivity index (χ0n) is 20.7. The summed E-state index contributed by atoms with van der Waals surface area (Å²) < 4.78 is 14.7. The van der Waals surface area contributed by atoms with Gasteiger partial charge in [0.2, 0.25) is 4.96 Å². The van der Waals surface area contributed by atoms with Gasteiger partial charge in [0.25, 0.3) is 5.56 Å². The first-order chi connectivity index (χ1) is 18.6. The quantitative estimate of drug-likeness (QED) is 0.309. The molecule has 8 nitrogen and oxygen atoms in total. The fourth-order valence-electron chi connectivity index (χ4n) is 4.04. The number of ether oxygens (including phenoxy) is 2. The summed E-state index contributed by atoms with van der Waals surface area (Å²) in [6.07, 6.45) is 3.77. The lowest BCUT2D eigenvalue weighted by Crippen LogP contribution is -2.24. The van der Waals surface area contributed by atoms with E-state index in [4.69, 9.17) is 14.6 Å². The van der Waals surface area contributed by atoms with E-state index in [2.05, 4.69) is 10.1 Å². The summed E-state index contributed by atoms with van der Waals surface area (Å²) in [5.74, 6) is 1.94. The van der Waals surface area contributed by atoms with Gasteiger partial charge in [-0.25, -0.2) is 4.68 Å². The first kappa shape index (κ1) is 23.6. The summed E-state index contributed by atoms with van der Waals surface area (Å²) >= 11 is 1.29. The standard InChI is InChI=1S/C29H23N5O3S/c1-19-8-12-24(13-9-19)37-18-26-30-29-34(31-26)28(35)25(38-29)16-21-17-33(22-6-4-3-5-7-22)32-27(21)20-10-14-23(36-2)15-11-20/h3-17H,18H2,1-2H3. The fraction of sp³-hybridized carbons (Fsp3) is 0.103. The Morgan fingerprint density at radius 1 is 0.921 bits per heavy atom. The first-order valence-corrected chi connectivity index (χ1v) is 12.8. The van der Waals surface area contributed by atoms with E-state index in [9.17, 15) is 4.79 Å². The number of aryl methyl sites for hydroxylation is 1. The van der Waals surface area contributed by atoms with E-state index < -0.39 is 0 Å². The number of benzene rings is 3. The van der Waals surface area contributed by atoms with Gasteiger partial charge >= 0.3 is 0 Å². The number of thiazole rings is 1. The number of hydrogen-bond donors (Lipinski definition) is 0. The van der Waals surface area contributed by atoms with Crippen molar-refractivity contribution in [1.82, 2.24) is 24.4 Å². The van der Waals surface area contributed by atoms with Crippen molar-refractivity contribution in [2.24, 2.45) is 0 Å². The second-order valence-electron chi connectivity index (χ2n) is 8.68. The van der Waals surface area contributed by atoms with Gasteiger partial charge in [-0.1, -0.05) is 47.2 Å². The van der Waals surface area contributed by atoms with Gasteiger partial charge in [0.15, 0.2) is 5.82 Å². The molecule has 38 heavy (non-hydrogen) atoms. The number of methoxy groups -OCH3 is 1. The highest BCUT2D eigenvalue weighted by atomic mass is 32.1. The Kier molecular flexibility index (Phi) is 6.19. The van der Waals surface area contributed by atoms with Crippen LogP contribution < -0.4 is 19.6 Å². The van der Waals surface area contributed by atoms with Crippen LogP contribution in [-0.4, -0.2) is 31.5 Å². The molecule has 0 N–H and O–H groups in total. The van der Waals surface area contributed by atoms with Crippen LogP contribution in [0.15, 0.2) is 89.9 Å². The zero-order chi connectivity index (χ0) is 26.1. The van der Waals surface area contributed by atoms with Crippen LogP contribution in [0.4, 0.5) is 0 Å². The number of hydrogen-bond acceptors (Lipinski definition) is 7. The molecule has 0 saturated heterocycles. The molecular formula is C29H23N5O3S. The average Bonchev–Trinajstić information content (AvgIpc) is 3.64. The summed E-state index contributed by atoms with van der Waals surface area (Å²) in [6.45, 7) is 2.20. The van der Waals surface area contributed by atoms with E-state index in [-0.39, 0.29) is 12.2 Å². The van der Waals surface area contributed by atoms with Crippen LogP contribution in [-0.2, 0) is 6.61 Å². The third kappa shape index (κ3) is 4.67. The Morgan fingerprint density at radius 3 is 2.37 bits per heavy atom. The lowest BCUT2D eigenvalue weighted by Gasteiger charge is -2.03. The third-order valence-electron chi connectivity index (χ3n) is 6.03. The fourth-order valence-corrected chi connectivity index (χ4v) is 4.96. The van der Waals surface area contributed by atoms with Crippen molar-refractivity contribution in [3.63, 3.8) is 0 Å². The molecule has 0 spiro atoms. The largest absolute Gasteiger partial charge is 0.497 e. The number of fused-ring (bicyclic) bond motifs is 1. The Labute approximate surface area is 222 Å². The van der Waals surface area contributed by atoms with Crippen molar-refractivity contribution < 1.29 is 9.47 Å². The van der Waals surface area contributed by atoms with Gasteiger partial charge in [-0.3, -0.25) is 4.79 Å². The molecule has 0 aliphatic rings. The topological polar surface area (TPSA) is 83.5 Å². The highest BCUT2D eigenvalue weighted by Gasteiger charge is 2.15. The predicted molar refractivity (Wildman–Crippen MR) is 147 cm³/mol. The molecule has 0 unspecified atom stereocenters. The molecule has 0 bridgehead atoms. The summed E-state index contributed by atoms with van der Waals surface area (Å²) in [6, 6.07) is 25.3. The molecular weight excluding hydrogens is 498 g/mol.